The molecule has 0 aromatic heterocycles. The molecule has 0 saturated carbocycles. The maximum Gasteiger partial charge on any atom is 0.323 e. The summed E-state index contributed by atoms with van der Waals surface area (Å²) in [5.41, 5.74) is 1.33. The van der Waals surface area contributed by atoms with Crippen molar-refractivity contribution < 1.29 is 9.53 Å². The maximum absolute atomic E-state index is 11.7. The van der Waals surface area contributed by atoms with E-state index in [4.69, 9.17) is 4.74 Å². The third kappa shape index (κ3) is 5.55. The van der Waals surface area contributed by atoms with Gasteiger partial charge in [-0.2, -0.15) is 0 Å². The first-order valence-electron chi connectivity index (χ1n) is 7.00. The number of hydrogen-bond acceptors (Lipinski definition) is 4. The lowest BCUT2D eigenvalue weighted by molar-refractivity contribution is -0.142. The molecule has 1 aromatic rings. The first-order chi connectivity index (χ1) is 9.43. The Balaban J connectivity index is 2.60. The molecular weight excluding hydrogens is 270 g/mol. The van der Waals surface area contributed by atoms with Gasteiger partial charge >= 0.3 is 5.97 Å². The molecule has 0 radical (unpaired) electrons. The van der Waals surface area contributed by atoms with E-state index < -0.39 is 0 Å². The van der Waals surface area contributed by atoms with Crippen molar-refractivity contribution >= 4 is 17.7 Å². The molecule has 1 rings (SSSR count). The quantitative estimate of drug-likeness (QED) is 0.618. The Morgan fingerprint density at radius 2 is 1.80 bits per heavy atom. The van der Waals surface area contributed by atoms with Crippen LogP contribution < -0.4 is 5.32 Å². The van der Waals surface area contributed by atoms with Gasteiger partial charge in [-0.1, -0.05) is 39.8 Å². The molecule has 4 heteroatoms. The standard InChI is InChI=1S/C16H25NO2S/c1-11(2)13-6-8-14(9-7-13)20-10-15(16(18)19-5)17-12(3)4/h6-9,11-12,15,17H,10H2,1-5H3. The maximum atomic E-state index is 11.7. The summed E-state index contributed by atoms with van der Waals surface area (Å²) < 4.78 is 4.84. The van der Waals surface area contributed by atoms with Crippen molar-refractivity contribution in [3.05, 3.63) is 29.8 Å². The molecule has 0 fully saturated rings. The lowest BCUT2D eigenvalue weighted by Crippen LogP contribution is -2.43. The predicted octanol–water partition coefficient (Wildman–Crippen LogP) is 3.44. The monoisotopic (exact) mass is 295 g/mol. The van der Waals surface area contributed by atoms with Gasteiger partial charge in [0.2, 0.25) is 0 Å². The predicted molar refractivity (Wildman–Crippen MR) is 85.3 cm³/mol. The smallest absolute Gasteiger partial charge is 0.323 e. The molecule has 112 valence electrons. The summed E-state index contributed by atoms with van der Waals surface area (Å²) >= 11 is 1.67. The Kier molecular flexibility index (Phi) is 7.10. The second-order valence-electron chi connectivity index (χ2n) is 5.43. The zero-order valence-corrected chi connectivity index (χ0v) is 13.8. The number of rotatable bonds is 7. The Bertz CT molecular complexity index is 415. The van der Waals surface area contributed by atoms with Crippen LogP contribution in [0, 0.1) is 0 Å². The molecule has 1 unspecified atom stereocenters. The van der Waals surface area contributed by atoms with Crippen LogP contribution in [0.15, 0.2) is 29.2 Å². The highest BCUT2D eigenvalue weighted by Crippen LogP contribution is 2.22. The summed E-state index contributed by atoms with van der Waals surface area (Å²) in [5, 5.41) is 3.24. The average Bonchev–Trinajstić information content (AvgIpc) is 2.42. The van der Waals surface area contributed by atoms with Crippen LogP contribution in [0.5, 0.6) is 0 Å². The Morgan fingerprint density at radius 1 is 1.20 bits per heavy atom. The van der Waals surface area contributed by atoms with Gasteiger partial charge in [0.05, 0.1) is 7.11 Å². The summed E-state index contributed by atoms with van der Waals surface area (Å²) in [5.74, 6) is 1.01. The molecule has 0 bridgehead atoms. The van der Waals surface area contributed by atoms with Gasteiger partial charge < -0.3 is 10.1 Å². The number of carbonyl (C=O) groups excluding carboxylic acids is 1. The Hall–Kier alpha value is -1.00. The zero-order chi connectivity index (χ0) is 15.1. The van der Waals surface area contributed by atoms with E-state index in [1.165, 1.54) is 17.6 Å². The third-order valence-electron chi connectivity index (χ3n) is 2.98. The van der Waals surface area contributed by atoms with E-state index >= 15 is 0 Å². The molecule has 0 aliphatic rings. The molecule has 1 atom stereocenters. The van der Waals surface area contributed by atoms with Crippen LogP contribution in [0.3, 0.4) is 0 Å². The lowest BCUT2D eigenvalue weighted by atomic mass is 10.0. The number of nitrogens with one attached hydrogen (secondary N) is 1. The van der Waals surface area contributed by atoms with Gasteiger partial charge in [0.25, 0.3) is 0 Å². The number of esters is 1. The van der Waals surface area contributed by atoms with E-state index in [0.29, 0.717) is 11.7 Å². The first-order valence-corrected chi connectivity index (χ1v) is 7.99. The van der Waals surface area contributed by atoms with Crippen LogP contribution in [0.4, 0.5) is 0 Å². The van der Waals surface area contributed by atoms with Gasteiger partial charge in [-0.25, -0.2) is 0 Å². The Labute approximate surface area is 126 Å². The van der Waals surface area contributed by atoms with E-state index in [0.717, 1.165) is 0 Å². The van der Waals surface area contributed by atoms with Crippen molar-refractivity contribution in [2.45, 2.75) is 50.6 Å². The second-order valence-corrected chi connectivity index (χ2v) is 6.53. The lowest BCUT2D eigenvalue weighted by Gasteiger charge is -2.18. The molecule has 0 aliphatic carbocycles. The summed E-state index contributed by atoms with van der Waals surface area (Å²) in [7, 11) is 1.43. The number of benzene rings is 1. The average molecular weight is 295 g/mol. The van der Waals surface area contributed by atoms with Gasteiger partial charge in [0, 0.05) is 16.7 Å². The van der Waals surface area contributed by atoms with Crippen LogP contribution in [-0.4, -0.2) is 30.9 Å². The van der Waals surface area contributed by atoms with Crippen LogP contribution in [0.25, 0.3) is 0 Å². The van der Waals surface area contributed by atoms with Crippen molar-refractivity contribution in [2.75, 3.05) is 12.9 Å². The van der Waals surface area contributed by atoms with Gasteiger partial charge in [0.15, 0.2) is 0 Å². The van der Waals surface area contributed by atoms with Crippen molar-refractivity contribution in [3.8, 4) is 0 Å². The molecule has 1 aromatic carbocycles. The highest BCUT2D eigenvalue weighted by atomic mass is 32.2. The van der Waals surface area contributed by atoms with Crippen molar-refractivity contribution in [3.63, 3.8) is 0 Å². The van der Waals surface area contributed by atoms with Crippen LogP contribution in [0.1, 0.15) is 39.2 Å². The van der Waals surface area contributed by atoms with Crippen molar-refractivity contribution in [1.82, 2.24) is 5.32 Å². The summed E-state index contributed by atoms with van der Waals surface area (Å²) in [4.78, 5) is 12.9. The van der Waals surface area contributed by atoms with Crippen molar-refractivity contribution in [1.29, 1.82) is 0 Å². The number of hydrogen-bond donors (Lipinski definition) is 1. The number of thioether (sulfide) groups is 1. The molecule has 1 N–H and O–H groups in total. The van der Waals surface area contributed by atoms with Gasteiger partial charge in [0.1, 0.15) is 6.04 Å². The topological polar surface area (TPSA) is 38.3 Å². The third-order valence-corrected chi connectivity index (χ3v) is 4.09. The second kappa shape index (κ2) is 8.32. The van der Waals surface area contributed by atoms with E-state index in [-0.39, 0.29) is 18.1 Å². The largest absolute Gasteiger partial charge is 0.468 e. The first kappa shape index (κ1) is 17.1. The van der Waals surface area contributed by atoms with Gasteiger partial charge in [-0.3, -0.25) is 4.79 Å². The Morgan fingerprint density at radius 3 is 2.25 bits per heavy atom. The van der Waals surface area contributed by atoms with Crippen LogP contribution in [0.2, 0.25) is 0 Å². The fourth-order valence-electron chi connectivity index (χ4n) is 1.86. The fourth-order valence-corrected chi connectivity index (χ4v) is 2.78. The molecule has 0 aliphatic heterocycles. The molecule has 0 heterocycles. The van der Waals surface area contributed by atoms with E-state index in [2.05, 4.69) is 43.4 Å². The molecule has 0 spiro atoms. The zero-order valence-electron chi connectivity index (χ0n) is 13.0. The van der Waals surface area contributed by atoms with Gasteiger partial charge in [-0.15, -0.1) is 11.8 Å². The minimum Gasteiger partial charge on any atom is -0.468 e. The number of methoxy groups -OCH3 is 1. The highest BCUT2D eigenvalue weighted by molar-refractivity contribution is 7.99. The van der Waals surface area contributed by atoms with Crippen LogP contribution >= 0.6 is 11.8 Å². The minimum atomic E-state index is -0.269. The van der Waals surface area contributed by atoms with Gasteiger partial charge in [-0.05, 0) is 23.6 Å². The molecule has 0 saturated heterocycles. The molecule has 0 amide bonds. The van der Waals surface area contributed by atoms with E-state index in [1.807, 2.05) is 13.8 Å². The summed E-state index contributed by atoms with van der Waals surface area (Å²) in [6, 6.07) is 8.51. The fraction of sp³-hybridized carbons (Fsp3) is 0.562. The van der Waals surface area contributed by atoms with E-state index in [1.54, 1.807) is 11.8 Å². The molecular formula is C16H25NO2S. The minimum absolute atomic E-state index is 0.204. The number of ether oxygens (including phenoxy) is 1. The van der Waals surface area contributed by atoms with Crippen molar-refractivity contribution in [2.24, 2.45) is 0 Å². The summed E-state index contributed by atoms with van der Waals surface area (Å²) in [6.07, 6.45) is 0. The SMILES string of the molecule is COC(=O)C(CSc1ccc(C(C)C)cc1)NC(C)C. The molecule has 20 heavy (non-hydrogen) atoms. The normalized spacial score (nSPS) is 12.8. The van der Waals surface area contributed by atoms with Crippen LogP contribution in [-0.2, 0) is 9.53 Å². The molecule has 3 nitrogen and oxygen atoms in total. The highest BCUT2D eigenvalue weighted by Gasteiger charge is 2.19. The number of carbonyl (C=O) groups is 1. The van der Waals surface area contributed by atoms with E-state index in [9.17, 15) is 4.79 Å². The summed E-state index contributed by atoms with van der Waals surface area (Å²) in [6.45, 7) is 8.42.